The Kier molecular flexibility index (Phi) is 3.90. The third kappa shape index (κ3) is 2.91. The molecule has 2 atom stereocenters. The summed E-state index contributed by atoms with van der Waals surface area (Å²) in [6.07, 6.45) is 5.79. The van der Waals surface area contributed by atoms with Crippen LogP contribution in [0.3, 0.4) is 0 Å². The maximum Gasteiger partial charge on any atom is 0.248 e. The van der Waals surface area contributed by atoms with E-state index in [1.54, 1.807) is 19.3 Å². The molecule has 0 bridgehead atoms. The molecule has 2 aliphatic rings. The Hall–Kier alpha value is -1.91. The Bertz CT molecular complexity index is 514. The first kappa shape index (κ1) is 14.0. The number of nitrogens with zero attached hydrogens (tertiary/aromatic N) is 4. The molecule has 2 fully saturated rings. The average molecular weight is 286 g/mol. The second-order valence-corrected chi connectivity index (χ2v) is 6.12. The van der Waals surface area contributed by atoms with E-state index in [-0.39, 0.29) is 5.91 Å². The standard InChI is InChI=1S/C16H22N4O/c1-12(2)15(21)20-10-13-4-8-19(9-5-14(13)11-20)16-17-6-3-7-18-16/h3,6-7,13-14H,1,4-5,8-11H2,2H3/t13-,14+. The number of carbonyl (C=O) groups excluding carboxylic acids is 1. The van der Waals surface area contributed by atoms with Crippen LogP contribution >= 0.6 is 0 Å². The summed E-state index contributed by atoms with van der Waals surface area (Å²) in [6.45, 7) is 9.26. The number of amides is 1. The lowest BCUT2D eigenvalue weighted by Crippen LogP contribution is -2.31. The van der Waals surface area contributed by atoms with Gasteiger partial charge >= 0.3 is 0 Å². The summed E-state index contributed by atoms with van der Waals surface area (Å²) in [5, 5.41) is 0. The topological polar surface area (TPSA) is 49.3 Å². The van der Waals surface area contributed by atoms with Crippen LogP contribution in [0.1, 0.15) is 19.8 Å². The third-order valence-electron chi connectivity index (χ3n) is 4.60. The Morgan fingerprint density at radius 1 is 1.19 bits per heavy atom. The number of anilines is 1. The molecule has 0 radical (unpaired) electrons. The molecular formula is C16H22N4O. The molecule has 1 aromatic heterocycles. The van der Waals surface area contributed by atoms with Crippen LogP contribution in [-0.4, -0.2) is 47.0 Å². The van der Waals surface area contributed by atoms with Gasteiger partial charge in [-0.1, -0.05) is 6.58 Å². The van der Waals surface area contributed by atoms with Crippen LogP contribution in [0.15, 0.2) is 30.6 Å². The molecule has 2 aliphatic heterocycles. The van der Waals surface area contributed by atoms with E-state index in [0.29, 0.717) is 17.4 Å². The third-order valence-corrected chi connectivity index (χ3v) is 4.60. The highest BCUT2D eigenvalue weighted by Gasteiger charge is 2.37. The average Bonchev–Trinajstić information content (AvgIpc) is 2.80. The Balaban J connectivity index is 1.63. The van der Waals surface area contributed by atoms with E-state index >= 15 is 0 Å². The van der Waals surface area contributed by atoms with Crippen molar-refractivity contribution >= 4 is 11.9 Å². The summed E-state index contributed by atoms with van der Waals surface area (Å²) in [5.74, 6) is 2.14. The van der Waals surface area contributed by atoms with Crippen LogP contribution in [-0.2, 0) is 4.79 Å². The zero-order chi connectivity index (χ0) is 14.8. The minimum absolute atomic E-state index is 0.117. The summed E-state index contributed by atoms with van der Waals surface area (Å²) in [6, 6.07) is 1.84. The second kappa shape index (κ2) is 5.84. The van der Waals surface area contributed by atoms with Crippen LogP contribution in [0.2, 0.25) is 0 Å². The zero-order valence-electron chi connectivity index (χ0n) is 12.5. The highest BCUT2D eigenvalue weighted by atomic mass is 16.2. The van der Waals surface area contributed by atoms with Crippen molar-refractivity contribution in [3.05, 3.63) is 30.6 Å². The number of aromatic nitrogens is 2. The molecule has 1 amide bonds. The molecule has 0 spiro atoms. The van der Waals surface area contributed by atoms with E-state index in [2.05, 4.69) is 21.4 Å². The molecule has 5 nitrogen and oxygen atoms in total. The number of hydrogen-bond acceptors (Lipinski definition) is 4. The Morgan fingerprint density at radius 2 is 1.76 bits per heavy atom. The minimum atomic E-state index is 0.117. The molecule has 0 aromatic carbocycles. The molecule has 3 rings (SSSR count). The van der Waals surface area contributed by atoms with E-state index in [9.17, 15) is 4.79 Å². The minimum Gasteiger partial charge on any atom is -0.341 e. The van der Waals surface area contributed by atoms with Crippen molar-refractivity contribution in [2.24, 2.45) is 11.8 Å². The smallest absolute Gasteiger partial charge is 0.248 e. The van der Waals surface area contributed by atoms with E-state index in [1.165, 1.54) is 0 Å². The predicted octanol–water partition coefficient (Wildman–Crippen LogP) is 1.73. The quantitative estimate of drug-likeness (QED) is 0.777. The van der Waals surface area contributed by atoms with E-state index in [1.807, 2.05) is 11.0 Å². The molecule has 0 unspecified atom stereocenters. The van der Waals surface area contributed by atoms with Crippen molar-refractivity contribution in [1.29, 1.82) is 0 Å². The Labute approximate surface area is 125 Å². The van der Waals surface area contributed by atoms with Gasteiger partial charge in [0.15, 0.2) is 0 Å². The highest BCUT2D eigenvalue weighted by Crippen LogP contribution is 2.32. The maximum absolute atomic E-state index is 12.1. The van der Waals surface area contributed by atoms with Gasteiger partial charge < -0.3 is 9.80 Å². The predicted molar refractivity (Wildman–Crippen MR) is 81.9 cm³/mol. The van der Waals surface area contributed by atoms with Gasteiger partial charge in [0.2, 0.25) is 11.9 Å². The van der Waals surface area contributed by atoms with Gasteiger partial charge in [-0.3, -0.25) is 4.79 Å². The lowest BCUT2D eigenvalue weighted by molar-refractivity contribution is -0.126. The Morgan fingerprint density at radius 3 is 2.29 bits per heavy atom. The van der Waals surface area contributed by atoms with E-state index in [4.69, 9.17) is 0 Å². The van der Waals surface area contributed by atoms with Crippen LogP contribution in [0.25, 0.3) is 0 Å². The first-order valence-corrected chi connectivity index (χ1v) is 7.62. The fraction of sp³-hybridized carbons (Fsp3) is 0.562. The summed E-state index contributed by atoms with van der Waals surface area (Å²) >= 11 is 0. The first-order chi connectivity index (χ1) is 10.1. The molecule has 5 heteroatoms. The normalized spacial score (nSPS) is 25.4. The van der Waals surface area contributed by atoms with Crippen molar-refractivity contribution < 1.29 is 4.79 Å². The number of likely N-dealkylation sites (tertiary alicyclic amines) is 1. The first-order valence-electron chi connectivity index (χ1n) is 7.62. The van der Waals surface area contributed by atoms with Gasteiger partial charge in [-0.2, -0.15) is 0 Å². The lowest BCUT2D eigenvalue weighted by atomic mass is 9.92. The SMILES string of the molecule is C=C(C)C(=O)N1C[C@H]2CCN(c3ncccn3)CC[C@H]2C1. The van der Waals surface area contributed by atoms with E-state index in [0.717, 1.165) is 45.0 Å². The molecule has 21 heavy (non-hydrogen) atoms. The molecule has 0 N–H and O–H groups in total. The molecule has 1 aromatic rings. The summed E-state index contributed by atoms with van der Waals surface area (Å²) < 4.78 is 0. The van der Waals surface area contributed by atoms with Gasteiger partial charge in [-0.15, -0.1) is 0 Å². The van der Waals surface area contributed by atoms with Crippen LogP contribution in [0.5, 0.6) is 0 Å². The molecule has 0 saturated carbocycles. The van der Waals surface area contributed by atoms with E-state index < -0.39 is 0 Å². The summed E-state index contributed by atoms with van der Waals surface area (Å²) in [4.78, 5) is 25.0. The van der Waals surface area contributed by atoms with Gasteiger partial charge in [-0.05, 0) is 37.7 Å². The summed E-state index contributed by atoms with van der Waals surface area (Å²) in [5.41, 5.74) is 0.644. The van der Waals surface area contributed by atoms with Crippen molar-refractivity contribution in [2.75, 3.05) is 31.1 Å². The van der Waals surface area contributed by atoms with Crippen LogP contribution in [0.4, 0.5) is 5.95 Å². The molecule has 3 heterocycles. The van der Waals surface area contributed by atoms with Gasteiger partial charge in [0.05, 0.1) is 0 Å². The number of carbonyl (C=O) groups is 1. The van der Waals surface area contributed by atoms with Crippen molar-refractivity contribution in [2.45, 2.75) is 19.8 Å². The van der Waals surface area contributed by atoms with Crippen molar-refractivity contribution in [3.8, 4) is 0 Å². The van der Waals surface area contributed by atoms with Crippen molar-refractivity contribution in [1.82, 2.24) is 14.9 Å². The molecule has 112 valence electrons. The fourth-order valence-electron chi connectivity index (χ4n) is 3.44. The number of fused-ring (bicyclic) bond motifs is 1. The summed E-state index contributed by atoms with van der Waals surface area (Å²) in [7, 11) is 0. The highest BCUT2D eigenvalue weighted by molar-refractivity contribution is 5.92. The monoisotopic (exact) mass is 286 g/mol. The van der Waals surface area contributed by atoms with Gasteiger partial charge in [0.25, 0.3) is 0 Å². The molecule has 2 saturated heterocycles. The van der Waals surface area contributed by atoms with Crippen LogP contribution in [0, 0.1) is 11.8 Å². The molecular weight excluding hydrogens is 264 g/mol. The van der Waals surface area contributed by atoms with Crippen LogP contribution < -0.4 is 4.90 Å². The van der Waals surface area contributed by atoms with Gasteiger partial charge in [0, 0.05) is 44.1 Å². The maximum atomic E-state index is 12.1. The largest absolute Gasteiger partial charge is 0.341 e. The molecule has 0 aliphatic carbocycles. The van der Waals surface area contributed by atoms with Gasteiger partial charge in [0.1, 0.15) is 0 Å². The fourth-order valence-corrected chi connectivity index (χ4v) is 3.44. The lowest BCUT2D eigenvalue weighted by Gasteiger charge is -2.22. The zero-order valence-corrected chi connectivity index (χ0v) is 12.5. The number of hydrogen-bond donors (Lipinski definition) is 0. The number of rotatable bonds is 2. The van der Waals surface area contributed by atoms with Gasteiger partial charge in [-0.25, -0.2) is 9.97 Å². The van der Waals surface area contributed by atoms with Crippen molar-refractivity contribution in [3.63, 3.8) is 0 Å². The second-order valence-electron chi connectivity index (χ2n) is 6.12.